The quantitative estimate of drug-likeness (QED) is 0.712. The number of carbonyl (C=O) groups is 1. The molecule has 0 spiro atoms. The van der Waals surface area contributed by atoms with E-state index in [1.165, 1.54) is 0 Å². The third-order valence-electron chi connectivity index (χ3n) is 3.53. The van der Waals surface area contributed by atoms with Gasteiger partial charge in [0, 0.05) is 22.1 Å². The van der Waals surface area contributed by atoms with E-state index in [1.807, 2.05) is 30.3 Å². The van der Waals surface area contributed by atoms with E-state index in [4.69, 9.17) is 0 Å². The summed E-state index contributed by atoms with van der Waals surface area (Å²) in [5.74, 6) is 1.21. The number of benzene rings is 1. The van der Waals surface area contributed by atoms with Crippen LogP contribution in [0.2, 0.25) is 0 Å². The molecule has 3 rings (SSSR count). The molecule has 2 nitrogen and oxygen atoms in total. The Morgan fingerprint density at radius 1 is 1.33 bits per heavy atom. The lowest BCUT2D eigenvalue weighted by Gasteiger charge is -2.09. The van der Waals surface area contributed by atoms with Crippen LogP contribution in [-0.2, 0) is 10.8 Å². The molecule has 1 aromatic rings. The van der Waals surface area contributed by atoms with Gasteiger partial charge in [0.05, 0.1) is 0 Å². The summed E-state index contributed by atoms with van der Waals surface area (Å²) < 4.78 is 11.4. The first-order chi connectivity index (χ1) is 7.25. The van der Waals surface area contributed by atoms with Crippen LogP contribution in [-0.4, -0.2) is 20.5 Å². The third kappa shape index (κ3) is 1.16. The van der Waals surface area contributed by atoms with Crippen LogP contribution in [0.15, 0.2) is 30.3 Å². The molecule has 2 aliphatic rings. The van der Waals surface area contributed by atoms with Gasteiger partial charge in [-0.25, -0.2) is 0 Å². The maximum Gasteiger partial charge on any atom is 0.181 e. The largest absolute Gasteiger partial charge is 0.292 e. The Morgan fingerprint density at radius 2 is 2.07 bits per heavy atom. The van der Waals surface area contributed by atoms with Crippen molar-refractivity contribution >= 4 is 16.6 Å². The first kappa shape index (κ1) is 9.28. The van der Waals surface area contributed by atoms with Crippen LogP contribution in [0.3, 0.4) is 0 Å². The fourth-order valence-electron chi connectivity index (χ4n) is 2.57. The molecule has 2 fully saturated rings. The van der Waals surface area contributed by atoms with Crippen LogP contribution in [0, 0.1) is 5.92 Å². The molecule has 3 heteroatoms. The fourth-order valence-corrected chi connectivity index (χ4v) is 4.63. The highest BCUT2D eigenvalue weighted by molar-refractivity contribution is 7.88. The predicted octanol–water partition coefficient (Wildman–Crippen LogP) is 1.78. The van der Waals surface area contributed by atoms with E-state index in [9.17, 15) is 9.00 Å². The molecule has 0 aromatic heterocycles. The minimum absolute atomic E-state index is 0.101. The van der Waals surface area contributed by atoms with Gasteiger partial charge in [-0.2, -0.15) is 0 Å². The van der Waals surface area contributed by atoms with Gasteiger partial charge in [-0.1, -0.05) is 30.3 Å². The van der Waals surface area contributed by atoms with E-state index in [0.717, 1.165) is 18.4 Å². The number of Topliss-reactive ketones (excluding diaryl/α,β-unsaturated/α-hetero) is 1. The van der Waals surface area contributed by atoms with E-state index in [-0.39, 0.29) is 5.78 Å². The van der Waals surface area contributed by atoms with Crippen molar-refractivity contribution in [2.45, 2.75) is 17.6 Å². The number of ketones is 1. The molecule has 1 aromatic carbocycles. The summed E-state index contributed by atoms with van der Waals surface area (Å²) in [6, 6.07) is 9.26. The third-order valence-corrected chi connectivity index (χ3v) is 5.63. The summed E-state index contributed by atoms with van der Waals surface area (Å²) in [6.45, 7) is 0. The van der Waals surface area contributed by atoms with Crippen LogP contribution >= 0.6 is 0 Å². The summed E-state index contributed by atoms with van der Waals surface area (Å²) >= 11 is 0. The summed E-state index contributed by atoms with van der Waals surface area (Å²) in [6.07, 6.45) is 1.80. The van der Waals surface area contributed by atoms with Crippen LogP contribution in [0.25, 0.3) is 0 Å². The second kappa shape index (κ2) is 3.01. The topological polar surface area (TPSA) is 34.1 Å². The normalized spacial score (nSPS) is 37.3. The molecule has 78 valence electrons. The van der Waals surface area contributed by atoms with Crippen molar-refractivity contribution < 1.29 is 9.00 Å². The molecule has 1 aliphatic heterocycles. The highest BCUT2D eigenvalue weighted by Crippen LogP contribution is 2.57. The average Bonchev–Trinajstić information content (AvgIpc) is 2.94. The summed E-state index contributed by atoms with van der Waals surface area (Å²) in [4.78, 5) is 12.2. The monoisotopic (exact) mass is 220 g/mol. The molecule has 3 atom stereocenters. The summed E-state index contributed by atoms with van der Waals surface area (Å²) in [5.41, 5.74) is 0.718. The molecule has 1 heterocycles. The van der Waals surface area contributed by atoms with Crippen molar-refractivity contribution in [3.05, 3.63) is 35.9 Å². The van der Waals surface area contributed by atoms with E-state index in [2.05, 4.69) is 0 Å². The van der Waals surface area contributed by atoms with Crippen molar-refractivity contribution in [3.8, 4) is 0 Å². The Labute approximate surface area is 91.1 Å². The van der Waals surface area contributed by atoms with Crippen molar-refractivity contribution in [2.24, 2.45) is 5.92 Å². The minimum Gasteiger partial charge on any atom is -0.292 e. The molecule has 0 radical (unpaired) electrons. The maximum absolute atomic E-state index is 12.2. The molecule has 0 amide bonds. The van der Waals surface area contributed by atoms with E-state index >= 15 is 0 Å². The van der Waals surface area contributed by atoms with Crippen molar-refractivity contribution in [1.29, 1.82) is 0 Å². The lowest BCUT2D eigenvalue weighted by Crippen LogP contribution is -2.27. The van der Waals surface area contributed by atoms with Gasteiger partial charge in [-0.3, -0.25) is 9.00 Å². The van der Waals surface area contributed by atoms with Gasteiger partial charge < -0.3 is 0 Å². The van der Waals surface area contributed by atoms with Crippen LogP contribution in [0.5, 0.6) is 0 Å². The Kier molecular flexibility index (Phi) is 1.87. The van der Waals surface area contributed by atoms with Gasteiger partial charge in [-0.15, -0.1) is 0 Å². The van der Waals surface area contributed by atoms with E-state index in [1.54, 1.807) is 0 Å². The molecular weight excluding hydrogens is 208 g/mol. The standard InChI is InChI=1S/C12H12O2S/c13-11(9-4-2-1-3-5-9)12-8-10(12)6-7-15(12)14/h1-5,10H,6-8H2/t10-,12+,15?/m0/s1. The van der Waals surface area contributed by atoms with Crippen molar-refractivity contribution in [1.82, 2.24) is 0 Å². The highest BCUT2D eigenvalue weighted by Gasteiger charge is 2.67. The Balaban J connectivity index is 1.97. The zero-order chi connectivity index (χ0) is 10.5. The van der Waals surface area contributed by atoms with Gasteiger partial charge in [0.25, 0.3) is 0 Å². The molecule has 1 saturated heterocycles. The molecule has 1 aliphatic carbocycles. The van der Waals surface area contributed by atoms with Crippen LogP contribution in [0.4, 0.5) is 0 Å². The van der Waals surface area contributed by atoms with E-state index < -0.39 is 15.5 Å². The van der Waals surface area contributed by atoms with Crippen molar-refractivity contribution in [3.63, 3.8) is 0 Å². The number of hydrogen-bond donors (Lipinski definition) is 0. The zero-order valence-corrected chi connectivity index (χ0v) is 9.13. The van der Waals surface area contributed by atoms with E-state index in [0.29, 0.717) is 11.7 Å². The second-order valence-corrected chi connectivity index (χ2v) is 6.15. The highest BCUT2D eigenvalue weighted by atomic mass is 32.2. The van der Waals surface area contributed by atoms with Crippen molar-refractivity contribution in [2.75, 3.05) is 5.75 Å². The lowest BCUT2D eigenvalue weighted by atomic mass is 10.1. The van der Waals surface area contributed by atoms with Gasteiger partial charge in [-0.05, 0) is 18.8 Å². The fraction of sp³-hybridized carbons (Fsp3) is 0.417. The summed E-state index contributed by atoms with van der Waals surface area (Å²) in [7, 11) is -0.932. The van der Waals surface area contributed by atoms with Crippen LogP contribution < -0.4 is 0 Å². The number of fused-ring (bicyclic) bond motifs is 1. The Hall–Kier alpha value is -0.960. The first-order valence-electron chi connectivity index (χ1n) is 5.23. The smallest absolute Gasteiger partial charge is 0.181 e. The molecule has 1 unspecified atom stereocenters. The first-order valence-corrected chi connectivity index (χ1v) is 6.55. The number of hydrogen-bond acceptors (Lipinski definition) is 2. The Morgan fingerprint density at radius 3 is 2.60 bits per heavy atom. The zero-order valence-electron chi connectivity index (χ0n) is 8.31. The second-order valence-electron chi connectivity index (χ2n) is 4.32. The maximum atomic E-state index is 12.2. The molecule has 0 N–H and O–H groups in total. The van der Waals surface area contributed by atoms with Crippen LogP contribution in [0.1, 0.15) is 23.2 Å². The van der Waals surface area contributed by atoms with Gasteiger partial charge in [0.2, 0.25) is 0 Å². The molecule has 1 saturated carbocycles. The SMILES string of the molecule is O=C(c1ccccc1)[C@@]12C[C@@H]1CCS2=O. The predicted molar refractivity (Wildman–Crippen MR) is 59.2 cm³/mol. The Bertz CT molecular complexity index is 440. The molecule has 15 heavy (non-hydrogen) atoms. The number of rotatable bonds is 2. The molecule has 0 bridgehead atoms. The lowest BCUT2D eigenvalue weighted by molar-refractivity contribution is 0.0976. The summed E-state index contributed by atoms with van der Waals surface area (Å²) in [5, 5.41) is 0. The average molecular weight is 220 g/mol. The number of carbonyl (C=O) groups excluding carboxylic acids is 1. The minimum atomic E-state index is -0.932. The van der Waals surface area contributed by atoms with Gasteiger partial charge in [0.15, 0.2) is 5.78 Å². The van der Waals surface area contributed by atoms with Gasteiger partial charge in [0.1, 0.15) is 4.75 Å². The van der Waals surface area contributed by atoms with Gasteiger partial charge >= 0.3 is 0 Å². The molecular formula is C12H12O2S.